The minimum Gasteiger partial charge on any atom is -0.368 e. The summed E-state index contributed by atoms with van der Waals surface area (Å²) in [7, 11) is 0. The lowest BCUT2D eigenvalue weighted by atomic mass is 10.0. The van der Waals surface area contributed by atoms with Gasteiger partial charge in [-0.1, -0.05) is 0 Å². The lowest BCUT2D eigenvalue weighted by molar-refractivity contribution is -0.136. The number of fused-ring (bicyclic) bond motifs is 3. The molecule has 140 valence electrons. The number of hydrogen-bond acceptors (Lipinski definition) is 6. The average molecular weight is 368 g/mol. The van der Waals surface area contributed by atoms with Crippen molar-refractivity contribution in [2.24, 2.45) is 0 Å². The van der Waals surface area contributed by atoms with Gasteiger partial charge in [0.05, 0.1) is 11.1 Å². The topological polar surface area (TPSA) is 98.8 Å². The zero-order chi connectivity index (χ0) is 18.7. The molecule has 0 aliphatic carbocycles. The summed E-state index contributed by atoms with van der Waals surface area (Å²) in [6, 6.07) is 5.34. The first-order valence-corrected chi connectivity index (χ1v) is 9.38. The smallest absolute Gasteiger partial charge is 0.262 e. The van der Waals surface area contributed by atoms with E-state index < -0.39 is 23.8 Å². The van der Waals surface area contributed by atoms with Gasteiger partial charge in [-0.15, -0.1) is 0 Å². The summed E-state index contributed by atoms with van der Waals surface area (Å²) in [5.74, 6) is -1.87. The molecule has 0 aromatic heterocycles. The zero-order valence-corrected chi connectivity index (χ0v) is 14.7. The molecule has 4 amide bonds. The molecule has 4 aliphatic heterocycles. The van der Waals surface area contributed by atoms with Crippen LogP contribution in [0, 0.1) is 0 Å². The molecule has 1 aromatic rings. The summed E-state index contributed by atoms with van der Waals surface area (Å²) in [5.41, 5.74) is 1.60. The molecule has 2 bridgehead atoms. The molecule has 2 N–H and O–H groups in total. The number of hydrogen-bond donors (Lipinski definition) is 2. The average Bonchev–Trinajstić information content (AvgIpc) is 3.12. The molecule has 0 spiro atoms. The predicted molar refractivity (Wildman–Crippen MR) is 95.3 cm³/mol. The molecule has 0 saturated carbocycles. The van der Waals surface area contributed by atoms with Gasteiger partial charge >= 0.3 is 0 Å². The van der Waals surface area contributed by atoms with Crippen molar-refractivity contribution in [2.75, 3.05) is 18.0 Å². The van der Waals surface area contributed by atoms with Crippen LogP contribution >= 0.6 is 0 Å². The Balaban J connectivity index is 1.43. The quantitative estimate of drug-likeness (QED) is 0.715. The summed E-state index contributed by atoms with van der Waals surface area (Å²) in [6.07, 6.45) is 2.61. The summed E-state index contributed by atoms with van der Waals surface area (Å²) in [5, 5.41) is 5.79. The van der Waals surface area contributed by atoms with Crippen molar-refractivity contribution >= 4 is 29.3 Å². The predicted octanol–water partition coefficient (Wildman–Crippen LogP) is 0.0284. The normalized spacial score (nSPS) is 30.0. The van der Waals surface area contributed by atoms with Crippen molar-refractivity contribution in [3.05, 3.63) is 29.3 Å². The minimum absolute atomic E-state index is 0.124. The summed E-state index contributed by atoms with van der Waals surface area (Å²) >= 11 is 0. The van der Waals surface area contributed by atoms with Gasteiger partial charge in [-0.2, -0.15) is 0 Å². The van der Waals surface area contributed by atoms with E-state index in [0.29, 0.717) is 23.2 Å². The van der Waals surface area contributed by atoms with Crippen LogP contribution < -0.4 is 15.5 Å². The van der Waals surface area contributed by atoms with E-state index in [-0.39, 0.29) is 18.7 Å². The molecular formula is C19H20N4O4. The van der Waals surface area contributed by atoms with Gasteiger partial charge in [0.1, 0.15) is 6.04 Å². The van der Waals surface area contributed by atoms with E-state index in [2.05, 4.69) is 15.5 Å². The third-order valence-corrected chi connectivity index (χ3v) is 6.01. The standard InChI is InChI=1S/C19H20N4O4/c24-16-6-5-15(17(25)21-16)23-18(26)13-4-3-12(7-14(13)19(23)27)22-8-10-1-2-11(9-22)20-10/h3-4,7,10-11,15,20H,1-2,5-6,8-9H2,(H,21,24,25). The monoisotopic (exact) mass is 368 g/mol. The Hall–Kier alpha value is -2.74. The Morgan fingerprint density at radius 1 is 0.889 bits per heavy atom. The molecule has 3 fully saturated rings. The fraction of sp³-hybridized carbons (Fsp3) is 0.474. The first kappa shape index (κ1) is 16.4. The second-order valence-corrected chi connectivity index (χ2v) is 7.72. The van der Waals surface area contributed by atoms with Gasteiger partial charge in [0.2, 0.25) is 11.8 Å². The van der Waals surface area contributed by atoms with E-state index >= 15 is 0 Å². The molecule has 4 heterocycles. The molecular weight excluding hydrogens is 348 g/mol. The number of imide groups is 2. The van der Waals surface area contributed by atoms with E-state index in [0.717, 1.165) is 36.5 Å². The first-order chi connectivity index (χ1) is 13.0. The highest BCUT2D eigenvalue weighted by Gasteiger charge is 2.45. The zero-order valence-electron chi connectivity index (χ0n) is 14.7. The van der Waals surface area contributed by atoms with Gasteiger partial charge in [0.15, 0.2) is 0 Å². The fourth-order valence-corrected chi connectivity index (χ4v) is 4.66. The first-order valence-electron chi connectivity index (χ1n) is 9.38. The number of amides is 4. The lowest BCUT2D eigenvalue weighted by Crippen LogP contribution is -2.54. The number of carbonyl (C=O) groups is 4. The summed E-state index contributed by atoms with van der Waals surface area (Å²) in [6.45, 7) is 1.77. The number of benzene rings is 1. The number of anilines is 1. The van der Waals surface area contributed by atoms with Crippen molar-refractivity contribution in [2.45, 2.75) is 43.8 Å². The summed E-state index contributed by atoms with van der Waals surface area (Å²) < 4.78 is 0. The van der Waals surface area contributed by atoms with Gasteiger partial charge in [-0.3, -0.25) is 29.4 Å². The van der Waals surface area contributed by atoms with Crippen LogP contribution in [-0.2, 0) is 9.59 Å². The van der Waals surface area contributed by atoms with Crippen molar-refractivity contribution in [3.63, 3.8) is 0 Å². The van der Waals surface area contributed by atoms with E-state index in [9.17, 15) is 19.2 Å². The van der Waals surface area contributed by atoms with Gasteiger partial charge in [-0.25, -0.2) is 0 Å². The van der Waals surface area contributed by atoms with Crippen LogP contribution in [0.15, 0.2) is 18.2 Å². The lowest BCUT2D eigenvalue weighted by Gasteiger charge is -2.34. The highest BCUT2D eigenvalue weighted by molar-refractivity contribution is 6.23. The maximum atomic E-state index is 12.9. The van der Waals surface area contributed by atoms with Crippen molar-refractivity contribution < 1.29 is 19.2 Å². The van der Waals surface area contributed by atoms with Crippen LogP contribution in [0.1, 0.15) is 46.4 Å². The molecule has 8 heteroatoms. The maximum absolute atomic E-state index is 12.9. The molecule has 8 nitrogen and oxygen atoms in total. The summed E-state index contributed by atoms with van der Waals surface area (Å²) in [4.78, 5) is 52.4. The molecule has 5 rings (SSSR count). The molecule has 3 atom stereocenters. The number of rotatable bonds is 2. The minimum atomic E-state index is -0.923. The van der Waals surface area contributed by atoms with Crippen molar-refractivity contribution in [1.29, 1.82) is 0 Å². The van der Waals surface area contributed by atoms with Gasteiger partial charge in [0.25, 0.3) is 11.8 Å². The van der Waals surface area contributed by atoms with Gasteiger partial charge in [-0.05, 0) is 37.5 Å². The Bertz CT molecular complexity index is 870. The number of nitrogens with zero attached hydrogens (tertiary/aromatic N) is 2. The fourth-order valence-electron chi connectivity index (χ4n) is 4.66. The number of carbonyl (C=O) groups excluding carboxylic acids is 4. The van der Waals surface area contributed by atoms with E-state index in [1.165, 1.54) is 0 Å². The Labute approximate surface area is 155 Å². The Morgan fingerprint density at radius 2 is 1.59 bits per heavy atom. The van der Waals surface area contributed by atoms with Crippen molar-refractivity contribution in [3.8, 4) is 0 Å². The van der Waals surface area contributed by atoms with Crippen LogP contribution in [0.25, 0.3) is 0 Å². The van der Waals surface area contributed by atoms with E-state index in [1.54, 1.807) is 12.1 Å². The van der Waals surface area contributed by atoms with E-state index in [1.807, 2.05) is 6.07 Å². The number of piperidine rings is 1. The molecule has 0 radical (unpaired) electrons. The maximum Gasteiger partial charge on any atom is 0.262 e. The van der Waals surface area contributed by atoms with Crippen molar-refractivity contribution in [1.82, 2.24) is 15.5 Å². The van der Waals surface area contributed by atoms with Gasteiger partial charge < -0.3 is 10.2 Å². The third-order valence-electron chi connectivity index (χ3n) is 6.01. The highest BCUT2D eigenvalue weighted by atomic mass is 16.2. The largest absolute Gasteiger partial charge is 0.368 e. The van der Waals surface area contributed by atoms with E-state index in [4.69, 9.17) is 0 Å². The molecule has 4 aliphatic rings. The van der Waals surface area contributed by atoms with Crippen LogP contribution in [0.2, 0.25) is 0 Å². The Morgan fingerprint density at radius 3 is 2.30 bits per heavy atom. The number of nitrogens with one attached hydrogen (secondary N) is 2. The van der Waals surface area contributed by atoms with Crippen LogP contribution in [0.4, 0.5) is 5.69 Å². The van der Waals surface area contributed by atoms with Gasteiger partial charge in [0, 0.05) is 37.3 Å². The molecule has 1 aromatic carbocycles. The SMILES string of the molecule is O=C1CCC(N2C(=O)c3ccc(N4CC5CCC(C4)N5)cc3C2=O)C(=O)N1. The molecule has 3 saturated heterocycles. The highest BCUT2D eigenvalue weighted by Crippen LogP contribution is 2.32. The molecule has 3 unspecified atom stereocenters. The molecule has 27 heavy (non-hydrogen) atoms. The number of piperazine rings is 1. The Kier molecular flexibility index (Phi) is 3.58. The second kappa shape index (κ2) is 5.88. The third kappa shape index (κ3) is 2.55. The van der Waals surface area contributed by atoms with Crippen LogP contribution in [0.5, 0.6) is 0 Å². The second-order valence-electron chi connectivity index (χ2n) is 7.72. The van der Waals surface area contributed by atoms with Crippen LogP contribution in [-0.4, -0.2) is 59.7 Å². The van der Waals surface area contributed by atoms with Crippen LogP contribution in [0.3, 0.4) is 0 Å².